The van der Waals surface area contributed by atoms with Crippen LogP contribution in [-0.2, 0) is 4.79 Å². The molecular formula is C11H18F6N2O. The number of hydrogen-bond donors (Lipinski definition) is 1. The molecular weight excluding hydrogens is 290 g/mol. The van der Waals surface area contributed by atoms with Crippen LogP contribution in [0.4, 0.5) is 26.3 Å². The van der Waals surface area contributed by atoms with E-state index in [-0.39, 0.29) is 0 Å². The van der Waals surface area contributed by atoms with Crippen LogP contribution in [0.2, 0.25) is 0 Å². The lowest BCUT2D eigenvalue weighted by Crippen LogP contribution is -2.49. The van der Waals surface area contributed by atoms with Crippen LogP contribution in [0.25, 0.3) is 0 Å². The maximum absolute atomic E-state index is 12.4. The van der Waals surface area contributed by atoms with E-state index in [1.807, 2.05) is 5.32 Å². The highest BCUT2D eigenvalue weighted by molar-refractivity contribution is 5.78. The molecule has 0 saturated carbocycles. The summed E-state index contributed by atoms with van der Waals surface area (Å²) >= 11 is 0. The van der Waals surface area contributed by atoms with Crippen molar-refractivity contribution in [1.82, 2.24) is 10.2 Å². The Hall–Kier alpha value is -0.990. The van der Waals surface area contributed by atoms with Crippen LogP contribution in [0.15, 0.2) is 0 Å². The summed E-state index contributed by atoms with van der Waals surface area (Å²) in [4.78, 5) is 12.2. The zero-order valence-corrected chi connectivity index (χ0v) is 11.2. The summed E-state index contributed by atoms with van der Waals surface area (Å²) in [5.41, 5.74) is 0. The molecule has 3 nitrogen and oxygen atoms in total. The van der Waals surface area contributed by atoms with Crippen molar-refractivity contribution in [3.63, 3.8) is 0 Å². The number of amides is 1. The Morgan fingerprint density at radius 2 is 1.55 bits per heavy atom. The van der Waals surface area contributed by atoms with E-state index in [4.69, 9.17) is 0 Å². The first-order valence-corrected chi connectivity index (χ1v) is 6.13. The van der Waals surface area contributed by atoms with Crippen LogP contribution in [0.3, 0.4) is 0 Å². The first-order chi connectivity index (χ1) is 9.00. The van der Waals surface area contributed by atoms with Gasteiger partial charge in [-0.1, -0.05) is 13.8 Å². The van der Waals surface area contributed by atoms with Gasteiger partial charge < -0.3 is 10.2 Å². The van der Waals surface area contributed by atoms with Gasteiger partial charge in [-0.3, -0.25) is 4.79 Å². The summed E-state index contributed by atoms with van der Waals surface area (Å²) in [6.45, 7) is -0.401. The second-order valence-electron chi connectivity index (χ2n) is 4.33. The molecule has 0 radical (unpaired) electrons. The maximum Gasteiger partial charge on any atom is 0.406 e. The molecule has 0 saturated heterocycles. The lowest BCUT2D eigenvalue weighted by atomic mass is 10.1. The van der Waals surface area contributed by atoms with E-state index in [1.54, 1.807) is 13.8 Å². The van der Waals surface area contributed by atoms with Crippen molar-refractivity contribution in [2.24, 2.45) is 0 Å². The normalized spacial score (nSPS) is 12.8. The van der Waals surface area contributed by atoms with Crippen molar-refractivity contribution >= 4 is 5.91 Å². The minimum Gasteiger partial charge on any atom is -0.330 e. The molecule has 0 aliphatic heterocycles. The van der Waals surface area contributed by atoms with Crippen molar-refractivity contribution in [1.29, 1.82) is 0 Å². The number of nitrogens with zero attached hydrogens (tertiary/aromatic N) is 1. The van der Waals surface area contributed by atoms with Gasteiger partial charge in [-0.25, -0.2) is 0 Å². The van der Waals surface area contributed by atoms with E-state index in [9.17, 15) is 31.1 Å². The molecule has 1 amide bonds. The number of halogens is 6. The summed E-state index contributed by atoms with van der Waals surface area (Å²) in [5, 5.41) is 1.81. The average molecular weight is 308 g/mol. The first kappa shape index (κ1) is 19.0. The largest absolute Gasteiger partial charge is 0.406 e. The number of carbonyl (C=O) groups is 1. The molecule has 0 fully saturated rings. The van der Waals surface area contributed by atoms with Crippen LogP contribution >= 0.6 is 0 Å². The van der Waals surface area contributed by atoms with Gasteiger partial charge in [0.2, 0.25) is 5.91 Å². The highest BCUT2D eigenvalue weighted by Crippen LogP contribution is 2.20. The van der Waals surface area contributed by atoms with E-state index < -0.39 is 43.9 Å². The Morgan fingerprint density at radius 3 is 1.90 bits per heavy atom. The Bertz CT molecular complexity index is 298. The molecule has 0 heterocycles. The molecule has 1 N–H and O–H groups in total. The van der Waals surface area contributed by atoms with Crippen molar-refractivity contribution in [2.75, 3.05) is 19.6 Å². The Labute approximate surface area is 113 Å². The highest BCUT2D eigenvalue weighted by Gasteiger charge is 2.35. The summed E-state index contributed by atoms with van der Waals surface area (Å²) in [7, 11) is 0. The second kappa shape index (κ2) is 7.70. The zero-order valence-electron chi connectivity index (χ0n) is 11.2. The maximum atomic E-state index is 12.4. The van der Waals surface area contributed by atoms with Crippen molar-refractivity contribution in [3.8, 4) is 0 Å². The average Bonchev–Trinajstić information content (AvgIpc) is 2.25. The predicted molar refractivity (Wildman–Crippen MR) is 61.1 cm³/mol. The number of carbonyl (C=O) groups excluding carboxylic acids is 1. The summed E-state index contributed by atoms with van der Waals surface area (Å²) in [6.07, 6.45) is -8.48. The Balaban J connectivity index is 4.64. The van der Waals surface area contributed by atoms with Crippen LogP contribution in [0.5, 0.6) is 0 Å². The van der Waals surface area contributed by atoms with E-state index in [2.05, 4.69) is 0 Å². The number of nitrogens with one attached hydrogen (secondary N) is 1. The monoisotopic (exact) mass is 308 g/mol. The smallest absolute Gasteiger partial charge is 0.330 e. The standard InChI is InChI=1S/C11H18F6N2O/c1-3-8(4-2)19(7-11(15,16)17)9(20)5-18-6-10(12,13)14/h8,18H,3-7H2,1-2H3. The number of hydrogen-bond acceptors (Lipinski definition) is 2. The fourth-order valence-corrected chi connectivity index (χ4v) is 1.76. The van der Waals surface area contributed by atoms with E-state index in [1.165, 1.54) is 0 Å². The Morgan fingerprint density at radius 1 is 1.05 bits per heavy atom. The van der Waals surface area contributed by atoms with Gasteiger partial charge in [-0.2, -0.15) is 26.3 Å². The predicted octanol–water partition coefficient (Wildman–Crippen LogP) is 2.72. The topological polar surface area (TPSA) is 32.3 Å². The van der Waals surface area contributed by atoms with Crippen LogP contribution in [-0.4, -0.2) is 48.8 Å². The van der Waals surface area contributed by atoms with Crippen LogP contribution in [0.1, 0.15) is 26.7 Å². The molecule has 120 valence electrons. The molecule has 0 unspecified atom stereocenters. The minimum atomic E-state index is -4.58. The fraction of sp³-hybridized carbons (Fsp3) is 0.909. The first-order valence-electron chi connectivity index (χ1n) is 6.13. The lowest BCUT2D eigenvalue weighted by molar-refractivity contribution is -0.166. The molecule has 0 rings (SSSR count). The van der Waals surface area contributed by atoms with Crippen molar-refractivity contribution in [2.45, 2.75) is 45.1 Å². The zero-order chi connectivity index (χ0) is 16.0. The van der Waals surface area contributed by atoms with Gasteiger partial charge in [0, 0.05) is 6.04 Å². The quantitative estimate of drug-likeness (QED) is 0.734. The fourth-order valence-electron chi connectivity index (χ4n) is 1.76. The third-order valence-corrected chi connectivity index (χ3v) is 2.65. The number of alkyl halides is 6. The van der Waals surface area contributed by atoms with Gasteiger partial charge in [0.1, 0.15) is 6.54 Å². The van der Waals surface area contributed by atoms with Gasteiger partial charge in [-0.15, -0.1) is 0 Å². The Kier molecular flexibility index (Phi) is 7.32. The molecule has 0 bridgehead atoms. The van der Waals surface area contributed by atoms with Gasteiger partial charge in [0.25, 0.3) is 0 Å². The van der Waals surface area contributed by atoms with Gasteiger partial charge >= 0.3 is 12.4 Å². The van der Waals surface area contributed by atoms with E-state index in [0.29, 0.717) is 17.7 Å². The van der Waals surface area contributed by atoms with Gasteiger partial charge in [0.05, 0.1) is 13.1 Å². The van der Waals surface area contributed by atoms with Crippen LogP contribution < -0.4 is 5.32 Å². The minimum absolute atomic E-state index is 0.303. The molecule has 0 aromatic carbocycles. The molecule has 9 heteroatoms. The lowest BCUT2D eigenvalue weighted by Gasteiger charge is -2.31. The summed E-state index contributed by atoms with van der Waals surface area (Å²) in [5.74, 6) is -0.986. The van der Waals surface area contributed by atoms with Gasteiger partial charge in [0.15, 0.2) is 0 Å². The molecule has 0 aliphatic rings. The molecule has 0 atom stereocenters. The summed E-state index contributed by atoms with van der Waals surface area (Å²) < 4.78 is 73.0. The molecule has 0 spiro atoms. The van der Waals surface area contributed by atoms with Crippen molar-refractivity contribution < 1.29 is 31.1 Å². The van der Waals surface area contributed by atoms with E-state index >= 15 is 0 Å². The third-order valence-electron chi connectivity index (χ3n) is 2.65. The molecule has 0 aromatic rings. The molecule has 0 aliphatic carbocycles. The van der Waals surface area contributed by atoms with Crippen molar-refractivity contribution in [3.05, 3.63) is 0 Å². The third kappa shape index (κ3) is 8.23. The van der Waals surface area contributed by atoms with E-state index in [0.717, 1.165) is 0 Å². The van der Waals surface area contributed by atoms with Gasteiger partial charge in [-0.05, 0) is 12.8 Å². The highest BCUT2D eigenvalue weighted by atomic mass is 19.4. The molecule has 20 heavy (non-hydrogen) atoms. The molecule has 0 aromatic heterocycles. The summed E-state index contributed by atoms with van der Waals surface area (Å²) in [6, 6.07) is -0.642. The number of rotatable bonds is 7. The SMILES string of the molecule is CCC(CC)N(CC(F)(F)F)C(=O)CNCC(F)(F)F. The second-order valence-corrected chi connectivity index (χ2v) is 4.33. The van der Waals surface area contributed by atoms with Crippen LogP contribution in [0, 0.1) is 0 Å².